The minimum Gasteiger partial charge on any atom is -0.355 e. The van der Waals surface area contributed by atoms with Gasteiger partial charge in [0, 0.05) is 38.0 Å². The molecule has 0 saturated heterocycles. The van der Waals surface area contributed by atoms with Crippen LogP contribution in [-0.4, -0.2) is 36.1 Å². The summed E-state index contributed by atoms with van der Waals surface area (Å²) in [5.74, 6) is -1.16. The van der Waals surface area contributed by atoms with E-state index in [0.717, 1.165) is 24.4 Å². The van der Waals surface area contributed by atoms with E-state index >= 15 is 0 Å². The highest BCUT2D eigenvalue weighted by molar-refractivity contribution is 14.0. The molecule has 1 atom stereocenters. The van der Waals surface area contributed by atoms with Gasteiger partial charge in [-0.05, 0) is 19.1 Å². The zero-order valence-electron chi connectivity index (χ0n) is 15.5. The molecule has 1 aromatic heterocycles. The molecule has 0 saturated carbocycles. The summed E-state index contributed by atoms with van der Waals surface area (Å²) in [7, 11) is 1.51. The molecule has 0 aliphatic heterocycles. The van der Waals surface area contributed by atoms with Crippen molar-refractivity contribution in [2.75, 3.05) is 25.5 Å². The van der Waals surface area contributed by atoms with Crippen LogP contribution in [0.1, 0.15) is 24.2 Å². The molecule has 2 aromatic rings. The standard InChI is InChI=1S/C17H19F5N6.HI/c1-10(12-4-3-11(18)9-13(12)19)27-15(23-2)25-7-8-26-16-24-6-5-14(28-16)17(20,21)22;/h3-6,9-10H,7-8H2,1-2H3,(H2,23,25,27)(H,24,26,28);1H. The van der Waals surface area contributed by atoms with Gasteiger partial charge < -0.3 is 16.0 Å². The number of rotatable bonds is 6. The first-order chi connectivity index (χ1) is 13.2. The number of halogens is 6. The summed E-state index contributed by atoms with van der Waals surface area (Å²) in [6.07, 6.45) is -3.53. The maximum atomic E-state index is 13.8. The van der Waals surface area contributed by atoms with Gasteiger partial charge in [-0.1, -0.05) is 6.07 Å². The molecule has 2 rings (SSSR count). The Labute approximate surface area is 181 Å². The van der Waals surface area contributed by atoms with E-state index in [9.17, 15) is 22.0 Å². The minimum atomic E-state index is -4.55. The van der Waals surface area contributed by atoms with E-state index < -0.39 is 29.5 Å². The summed E-state index contributed by atoms with van der Waals surface area (Å²) < 4.78 is 64.7. The van der Waals surface area contributed by atoms with E-state index in [-0.39, 0.29) is 48.6 Å². The first kappa shape index (κ1) is 24.8. The van der Waals surface area contributed by atoms with Gasteiger partial charge in [-0.15, -0.1) is 24.0 Å². The fourth-order valence-electron chi connectivity index (χ4n) is 2.29. The van der Waals surface area contributed by atoms with Crippen LogP contribution in [0.5, 0.6) is 0 Å². The number of benzene rings is 1. The van der Waals surface area contributed by atoms with Crippen molar-refractivity contribution in [1.82, 2.24) is 20.6 Å². The molecule has 29 heavy (non-hydrogen) atoms. The molecule has 0 aliphatic rings. The van der Waals surface area contributed by atoms with E-state index in [2.05, 4.69) is 30.9 Å². The van der Waals surface area contributed by atoms with Crippen LogP contribution in [0.15, 0.2) is 35.5 Å². The Morgan fingerprint density at radius 1 is 1.17 bits per heavy atom. The lowest BCUT2D eigenvalue weighted by molar-refractivity contribution is -0.141. The van der Waals surface area contributed by atoms with Crippen molar-refractivity contribution in [2.45, 2.75) is 19.1 Å². The Hall–Kier alpha value is -2.25. The second kappa shape index (κ2) is 11.1. The van der Waals surface area contributed by atoms with Crippen LogP contribution in [0.4, 0.5) is 27.9 Å². The fraction of sp³-hybridized carbons (Fsp3) is 0.353. The Kier molecular flexibility index (Phi) is 9.46. The van der Waals surface area contributed by atoms with E-state index in [0.29, 0.717) is 5.96 Å². The summed E-state index contributed by atoms with van der Waals surface area (Å²) in [5, 5.41) is 8.53. The predicted molar refractivity (Wildman–Crippen MR) is 110 cm³/mol. The number of hydrogen-bond acceptors (Lipinski definition) is 4. The number of aliphatic imine (C=N–C) groups is 1. The van der Waals surface area contributed by atoms with Crippen LogP contribution in [0, 0.1) is 11.6 Å². The van der Waals surface area contributed by atoms with Crippen LogP contribution in [0.2, 0.25) is 0 Å². The number of alkyl halides is 3. The number of nitrogens with one attached hydrogen (secondary N) is 3. The van der Waals surface area contributed by atoms with Gasteiger partial charge >= 0.3 is 6.18 Å². The maximum absolute atomic E-state index is 13.8. The number of guanidine groups is 1. The summed E-state index contributed by atoms with van der Waals surface area (Å²) >= 11 is 0. The van der Waals surface area contributed by atoms with Gasteiger partial charge in [0.05, 0.1) is 6.04 Å². The largest absolute Gasteiger partial charge is 0.433 e. The van der Waals surface area contributed by atoms with Gasteiger partial charge in [0.15, 0.2) is 5.96 Å². The summed E-state index contributed by atoms with van der Waals surface area (Å²) in [6.45, 7) is 2.16. The zero-order valence-corrected chi connectivity index (χ0v) is 17.8. The van der Waals surface area contributed by atoms with Gasteiger partial charge in [-0.2, -0.15) is 13.2 Å². The van der Waals surface area contributed by atoms with E-state index in [1.165, 1.54) is 13.1 Å². The molecule has 12 heteroatoms. The van der Waals surface area contributed by atoms with Crippen LogP contribution in [-0.2, 0) is 6.18 Å². The van der Waals surface area contributed by atoms with Crippen molar-refractivity contribution in [3.05, 3.63) is 53.4 Å². The zero-order chi connectivity index (χ0) is 20.7. The first-order valence-electron chi connectivity index (χ1n) is 8.27. The van der Waals surface area contributed by atoms with Crippen molar-refractivity contribution in [2.24, 2.45) is 4.99 Å². The molecule has 1 aromatic carbocycles. The second-order valence-corrected chi connectivity index (χ2v) is 5.72. The quantitative estimate of drug-likeness (QED) is 0.175. The van der Waals surface area contributed by atoms with Crippen molar-refractivity contribution < 1.29 is 22.0 Å². The van der Waals surface area contributed by atoms with Crippen LogP contribution < -0.4 is 16.0 Å². The van der Waals surface area contributed by atoms with E-state index in [4.69, 9.17) is 0 Å². The molecule has 0 amide bonds. The van der Waals surface area contributed by atoms with Crippen LogP contribution in [0.3, 0.4) is 0 Å². The molecule has 0 fully saturated rings. The van der Waals surface area contributed by atoms with Crippen LogP contribution >= 0.6 is 24.0 Å². The number of nitrogens with zero attached hydrogens (tertiary/aromatic N) is 3. The predicted octanol–water partition coefficient (Wildman–Crippen LogP) is 3.73. The topological polar surface area (TPSA) is 74.2 Å². The normalized spacial score (nSPS) is 12.7. The SMILES string of the molecule is CN=C(NCCNc1nccc(C(F)(F)F)n1)NC(C)c1ccc(F)cc1F.I. The lowest BCUT2D eigenvalue weighted by Gasteiger charge is -2.19. The van der Waals surface area contributed by atoms with E-state index in [1.54, 1.807) is 6.92 Å². The Morgan fingerprint density at radius 2 is 1.90 bits per heavy atom. The smallest absolute Gasteiger partial charge is 0.355 e. The highest BCUT2D eigenvalue weighted by Gasteiger charge is 2.32. The monoisotopic (exact) mass is 530 g/mol. The average Bonchev–Trinajstić information content (AvgIpc) is 2.63. The third-order valence-corrected chi connectivity index (χ3v) is 3.65. The van der Waals surface area contributed by atoms with Crippen molar-refractivity contribution in [3.63, 3.8) is 0 Å². The highest BCUT2D eigenvalue weighted by atomic mass is 127. The van der Waals surface area contributed by atoms with Crippen LogP contribution in [0.25, 0.3) is 0 Å². The van der Waals surface area contributed by atoms with E-state index in [1.807, 2.05) is 0 Å². The molecule has 0 bridgehead atoms. The molecule has 1 heterocycles. The minimum absolute atomic E-state index is 0. The van der Waals surface area contributed by atoms with Gasteiger partial charge in [0.2, 0.25) is 5.95 Å². The molecule has 0 aliphatic carbocycles. The molecule has 3 N–H and O–H groups in total. The number of aromatic nitrogens is 2. The highest BCUT2D eigenvalue weighted by Crippen LogP contribution is 2.27. The Balaban J connectivity index is 0.00000420. The molecular weight excluding hydrogens is 510 g/mol. The summed E-state index contributed by atoms with van der Waals surface area (Å²) in [6, 6.07) is 3.58. The third-order valence-electron chi connectivity index (χ3n) is 3.65. The lowest BCUT2D eigenvalue weighted by Crippen LogP contribution is -2.41. The lowest BCUT2D eigenvalue weighted by atomic mass is 10.1. The second-order valence-electron chi connectivity index (χ2n) is 5.72. The van der Waals surface area contributed by atoms with Gasteiger partial charge in [-0.25, -0.2) is 18.7 Å². The fourth-order valence-corrected chi connectivity index (χ4v) is 2.29. The summed E-state index contributed by atoms with van der Waals surface area (Å²) in [5.41, 5.74) is -0.773. The van der Waals surface area contributed by atoms with Gasteiger partial charge in [0.1, 0.15) is 17.3 Å². The van der Waals surface area contributed by atoms with Gasteiger partial charge in [-0.3, -0.25) is 4.99 Å². The molecule has 0 radical (unpaired) electrons. The van der Waals surface area contributed by atoms with Gasteiger partial charge in [0.25, 0.3) is 0 Å². The molecule has 1 unspecified atom stereocenters. The summed E-state index contributed by atoms with van der Waals surface area (Å²) in [4.78, 5) is 11.1. The number of anilines is 1. The molecular formula is C17H20F5IN6. The van der Waals surface area contributed by atoms with Crippen molar-refractivity contribution in [1.29, 1.82) is 0 Å². The molecule has 6 nitrogen and oxygen atoms in total. The van der Waals surface area contributed by atoms with Crippen molar-refractivity contribution in [3.8, 4) is 0 Å². The first-order valence-corrected chi connectivity index (χ1v) is 8.27. The maximum Gasteiger partial charge on any atom is 0.433 e. The molecule has 0 spiro atoms. The third kappa shape index (κ3) is 7.59. The molecule has 160 valence electrons. The Bertz CT molecular complexity index is 830. The number of hydrogen-bond donors (Lipinski definition) is 3. The Morgan fingerprint density at radius 3 is 2.52 bits per heavy atom. The average molecular weight is 530 g/mol. The van der Waals surface area contributed by atoms with Crippen molar-refractivity contribution >= 4 is 35.9 Å².